The van der Waals surface area contributed by atoms with Crippen molar-refractivity contribution in [3.05, 3.63) is 42.2 Å². The van der Waals surface area contributed by atoms with E-state index in [0.717, 1.165) is 30.8 Å². The van der Waals surface area contributed by atoms with Crippen LogP contribution in [0, 0.1) is 5.82 Å². The van der Waals surface area contributed by atoms with Crippen LogP contribution in [-0.4, -0.2) is 22.7 Å². The molecule has 1 aromatic heterocycles. The molecule has 0 aliphatic carbocycles. The lowest BCUT2D eigenvalue weighted by atomic mass is 10.1. The average molecular weight is 275 g/mol. The second-order valence-corrected chi connectivity index (χ2v) is 4.89. The van der Waals surface area contributed by atoms with E-state index in [9.17, 15) is 4.39 Å². The lowest BCUT2D eigenvalue weighted by Crippen LogP contribution is -2.16. The lowest BCUT2D eigenvalue weighted by Gasteiger charge is -2.14. The van der Waals surface area contributed by atoms with Gasteiger partial charge < -0.3 is 14.6 Å². The first-order valence-corrected chi connectivity index (χ1v) is 6.98. The Balaban J connectivity index is 1.93. The monoisotopic (exact) mass is 275 g/mol. The number of imidazole rings is 1. The summed E-state index contributed by atoms with van der Waals surface area (Å²) in [6.45, 7) is 3.32. The number of hydrogen-bond donors (Lipinski definition) is 1. The molecule has 1 aromatic carbocycles. The van der Waals surface area contributed by atoms with Crippen molar-refractivity contribution in [2.24, 2.45) is 0 Å². The highest BCUT2D eigenvalue weighted by atomic mass is 19.1. The van der Waals surface area contributed by atoms with Gasteiger partial charge in [-0.3, -0.25) is 0 Å². The van der Waals surface area contributed by atoms with Crippen LogP contribution < -0.4 is 10.1 Å². The van der Waals surface area contributed by atoms with Gasteiger partial charge in [-0.25, -0.2) is 9.37 Å². The highest BCUT2D eigenvalue weighted by Crippen LogP contribution is 2.27. The number of nitrogens with zero attached hydrogens (tertiary/aromatic N) is 2. The smallest absolute Gasteiger partial charge is 0.167 e. The van der Waals surface area contributed by atoms with Crippen LogP contribution >= 0.6 is 0 Å². The summed E-state index contributed by atoms with van der Waals surface area (Å²) >= 11 is 0. The van der Waals surface area contributed by atoms with Crippen LogP contribution in [-0.2, 0) is 0 Å². The Bertz CT molecular complexity index is 591. The fourth-order valence-electron chi connectivity index (χ4n) is 2.63. The SMILES string of the molecule is CCOc1ccc(-n2cncc2C2CCCN2)cc1F. The van der Waals surface area contributed by atoms with Gasteiger partial charge in [-0.2, -0.15) is 0 Å². The van der Waals surface area contributed by atoms with Crippen LogP contribution in [0.4, 0.5) is 4.39 Å². The summed E-state index contributed by atoms with van der Waals surface area (Å²) in [5.74, 6) is -0.0553. The van der Waals surface area contributed by atoms with Crippen LogP contribution in [0.5, 0.6) is 5.75 Å². The number of rotatable bonds is 4. The van der Waals surface area contributed by atoms with E-state index in [1.54, 1.807) is 12.4 Å². The maximum absolute atomic E-state index is 14.0. The minimum Gasteiger partial charge on any atom is -0.491 e. The van der Waals surface area contributed by atoms with Crippen molar-refractivity contribution in [1.82, 2.24) is 14.9 Å². The van der Waals surface area contributed by atoms with E-state index < -0.39 is 0 Å². The topological polar surface area (TPSA) is 39.1 Å². The molecule has 1 N–H and O–H groups in total. The Kier molecular flexibility index (Phi) is 3.69. The predicted octanol–water partition coefficient (Wildman–Crippen LogP) is 2.83. The van der Waals surface area contributed by atoms with Crippen molar-refractivity contribution in [2.75, 3.05) is 13.2 Å². The third-order valence-corrected chi connectivity index (χ3v) is 3.58. The Labute approximate surface area is 117 Å². The molecule has 0 amide bonds. The minimum absolute atomic E-state index is 0.289. The van der Waals surface area contributed by atoms with E-state index in [-0.39, 0.29) is 11.6 Å². The van der Waals surface area contributed by atoms with Gasteiger partial charge in [0.1, 0.15) is 0 Å². The molecular weight excluding hydrogens is 257 g/mol. The standard InChI is InChI=1S/C15H18FN3O/c1-2-20-15-6-5-11(8-12(15)16)19-10-17-9-14(19)13-4-3-7-18-13/h5-6,8-10,13,18H,2-4,7H2,1H3. The molecule has 3 rings (SSSR count). The molecule has 2 aromatic rings. The van der Waals surface area contributed by atoms with Gasteiger partial charge in [0.05, 0.1) is 30.5 Å². The normalized spacial score (nSPS) is 18.4. The molecule has 0 radical (unpaired) electrons. The Morgan fingerprint density at radius 3 is 3.10 bits per heavy atom. The molecule has 106 valence electrons. The molecule has 1 fully saturated rings. The number of benzene rings is 1. The van der Waals surface area contributed by atoms with Gasteiger partial charge in [0.2, 0.25) is 0 Å². The van der Waals surface area contributed by atoms with Gasteiger partial charge in [0.15, 0.2) is 11.6 Å². The molecule has 0 saturated carbocycles. The molecule has 1 atom stereocenters. The summed E-state index contributed by atoms with van der Waals surface area (Å²) in [6.07, 6.45) is 5.82. The zero-order chi connectivity index (χ0) is 13.9. The molecule has 20 heavy (non-hydrogen) atoms. The summed E-state index contributed by atoms with van der Waals surface area (Å²) < 4.78 is 21.1. The van der Waals surface area contributed by atoms with Crippen molar-refractivity contribution in [1.29, 1.82) is 0 Å². The number of halogens is 1. The van der Waals surface area contributed by atoms with Crippen LogP contribution in [0.15, 0.2) is 30.7 Å². The largest absolute Gasteiger partial charge is 0.491 e. The van der Waals surface area contributed by atoms with Crippen molar-refractivity contribution in [3.8, 4) is 11.4 Å². The first-order chi connectivity index (χ1) is 9.79. The highest BCUT2D eigenvalue weighted by molar-refractivity contribution is 5.40. The maximum atomic E-state index is 14.0. The number of ether oxygens (including phenoxy) is 1. The molecule has 1 aliphatic rings. The number of hydrogen-bond acceptors (Lipinski definition) is 3. The molecule has 2 heterocycles. The summed E-state index contributed by atoms with van der Waals surface area (Å²) in [6, 6.07) is 5.31. The van der Waals surface area contributed by atoms with Crippen LogP contribution in [0.25, 0.3) is 5.69 Å². The second kappa shape index (κ2) is 5.63. The third-order valence-electron chi connectivity index (χ3n) is 3.58. The van der Waals surface area contributed by atoms with Crippen LogP contribution in [0.3, 0.4) is 0 Å². The van der Waals surface area contributed by atoms with Crippen LogP contribution in [0.2, 0.25) is 0 Å². The minimum atomic E-state index is -0.344. The first-order valence-electron chi connectivity index (χ1n) is 6.98. The molecule has 1 aliphatic heterocycles. The second-order valence-electron chi connectivity index (χ2n) is 4.89. The van der Waals surface area contributed by atoms with Crippen LogP contribution in [0.1, 0.15) is 31.5 Å². The predicted molar refractivity (Wildman–Crippen MR) is 74.7 cm³/mol. The Morgan fingerprint density at radius 2 is 2.40 bits per heavy atom. The van der Waals surface area contributed by atoms with E-state index in [1.165, 1.54) is 6.07 Å². The maximum Gasteiger partial charge on any atom is 0.167 e. The van der Waals surface area contributed by atoms with Gasteiger partial charge in [0.25, 0.3) is 0 Å². The van der Waals surface area contributed by atoms with E-state index in [1.807, 2.05) is 23.8 Å². The molecular formula is C15H18FN3O. The summed E-state index contributed by atoms with van der Waals surface area (Å²) in [4.78, 5) is 4.20. The number of aromatic nitrogens is 2. The van der Waals surface area contributed by atoms with Gasteiger partial charge in [-0.1, -0.05) is 0 Å². The van der Waals surface area contributed by atoms with Crippen molar-refractivity contribution < 1.29 is 9.13 Å². The number of nitrogens with one attached hydrogen (secondary N) is 1. The lowest BCUT2D eigenvalue weighted by molar-refractivity contribution is 0.321. The summed E-state index contributed by atoms with van der Waals surface area (Å²) in [7, 11) is 0. The van der Waals surface area contributed by atoms with Gasteiger partial charge in [-0.05, 0) is 38.4 Å². The first kappa shape index (κ1) is 13.1. The van der Waals surface area contributed by atoms with Crippen molar-refractivity contribution >= 4 is 0 Å². The van der Waals surface area contributed by atoms with E-state index in [2.05, 4.69) is 10.3 Å². The van der Waals surface area contributed by atoms with Gasteiger partial charge in [0, 0.05) is 12.1 Å². The fraction of sp³-hybridized carbons (Fsp3) is 0.400. The van der Waals surface area contributed by atoms with Crippen molar-refractivity contribution in [2.45, 2.75) is 25.8 Å². The molecule has 0 spiro atoms. The summed E-state index contributed by atoms with van der Waals surface area (Å²) in [5, 5.41) is 3.44. The molecule has 1 saturated heterocycles. The quantitative estimate of drug-likeness (QED) is 0.932. The third kappa shape index (κ3) is 2.41. The zero-order valence-corrected chi connectivity index (χ0v) is 11.5. The van der Waals surface area contributed by atoms with E-state index in [4.69, 9.17) is 4.74 Å². The van der Waals surface area contributed by atoms with E-state index in [0.29, 0.717) is 12.6 Å². The molecule has 5 heteroatoms. The average Bonchev–Trinajstić information content (AvgIpc) is 3.11. The molecule has 1 unspecified atom stereocenters. The Morgan fingerprint density at radius 1 is 1.50 bits per heavy atom. The van der Waals surface area contributed by atoms with Gasteiger partial charge in [-0.15, -0.1) is 0 Å². The summed E-state index contributed by atoms with van der Waals surface area (Å²) in [5.41, 5.74) is 1.85. The molecule has 4 nitrogen and oxygen atoms in total. The fourth-order valence-corrected chi connectivity index (χ4v) is 2.63. The van der Waals surface area contributed by atoms with Gasteiger partial charge >= 0.3 is 0 Å². The van der Waals surface area contributed by atoms with Crippen molar-refractivity contribution in [3.63, 3.8) is 0 Å². The highest BCUT2D eigenvalue weighted by Gasteiger charge is 2.20. The van der Waals surface area contributed by atoms with E-state index >= 15 is 0 Å². The Hall–Kier alpha value is -1.88. The zero-order valence-electron chi connectivity index (χ0n) is 11.5. The molecule has 0 bridgehead atoms.